The van der Waals surface area contributed by atoms with Crippen molar-refractivity contribution in [2.75, 3.05) is 6.54 Å². The largest absolute Gasteiger partial charge is 0.356 e. The van der Waals surface area contributed by atoms with E-state index in [2.05, 4.69) is 11.2 Å². The number of carbonyl (C=O) groups is 1. The Hall–Kier alpha value is -0.970. The lowest BCUT2D eigenvalue weighted by Crippen LogP contribution is -2.23. The number of terminal acetylenes is 1. The maximum Gasteiger partial charge on any atom is 0.219 e. The van der Waals surface area contributed by atoms with Gasteiger partial charge >= 0.3 is 0 Å². The van der Waals surface area contributed by atoms with Gasteiger partial charge in [-0.15, -0.1) is 12.3 Å². The van der Waals surface area contributed by atoms with Gasteiger partial charge in [-0.2, -0.15) is 0 Å². The molecule has 0 fully saturated rings. The fourth-order valence-electron chi connectivity index (χ4n) is 0.865. The van der Waals surface area contributed by atoms with E-state index in [0.29, 0.717) is 6.42 Å². The molecule has 0 saturated carbocycles. The summed E-state index contributed by atoms with van der Waals surface area (Å²) in [5.41, 5.74) is 0. The van der Waals surface area contributed by atoms with E-state index < -0.39 is 0 Å². The minimum atomic E-state index is 0.147. The van der Waals surface area contributed by atoms with Crippen molar-refractivity contribution in [3.05, 3.63) is 0 Å². The molecule has 1 amide bonds. The maximum atomic E-state index is 11.0. The number of unbranched alkanes of at least 4 members (excludes halogenated alkanes) is 2. The first-order chi connectivity index (χ1) is 5.81. The molecule has 0 aromatic heterocycles. The van der Waals surface area contributed by atoms with E-state index in [0.717, 1.165) is 32.2 Å². The van der Waals surface area contributed by atoms with E-state index in [1.54, 1.807) is 0 Å². The van der Waals surface area contributed by atoms with Crippen LogP contribution < -0.4 is 5.32 Å². The number of hydrogen-bond acceptors (Lipinski definition) is 1. The zero-order valence-corrected chi connectivity index (χ0v) is 7.73. The molecule has 0 spiro atoms. The van der Waals surface area contributed by atoms with Gasteiger partial charge in [-0.25, -0.2) is 0 Å². The molecule has 68 valence electrons. The predicted octanol–water partition coefficient (Wildman–Crippen LogP) is 1.71. The highest BCUT2D eigenvalue weighted by atomic mass is 16.1. The van der Waals surface area contributed by atoms with Crippen molar-refractivity contribution < 1.29 is 4.79 Å². The third kappa shape index (κ3) is 7.14. The average Bonchev–Trinajstić information content (AvgIpc) is 2.09. The van der Waals surface area contributed by atoms with Gasteiger partial charge < -0.3 is 5.32 Å². The van der Waals surface area contributed by atoms with Crippen molar-refractivity contribution in [1.82, 2.24) is 5.32 Å². The smallest absolute Gasteiger partial charge is 0.219 e. The minimum absolute atomic E-state index is 0.147. The van der Waals surface area contributed by atoms with E-state index in [-0.39, 0.29) is 5.91 Å². The standard InChI is InChI=1S/C10H17NO/c1-3-5-6-7-8-10(12)11-9-4-2/h1H,4-9H2,2H3,(H,11,12). The molecule has 0 aliphatic rings. The highest BCUT2D eigenvalue weighted by Gasteiger charge is 1.97. The van der Waals surface area contributed by atoms with Crippen LogP contribution in [0.4, 0.5) is 0 Å². The molecule has 2 nitrogen and oxygen atoms in total. The molecule has 0 heterocycles. The van der Waals surface area contributed by atoms with Gasteiger partial charge in [0.25, 0.3) is 0 Å². The normalized spacial score (nSPS) is 9.00. The lowest BCUT2D eigenvalue weighted by Gasteiger charge is -2.01. The van der Waals surface area contributed by atoms with Crippen LogP contribution in [-0.2, 0) is 4.79 Å². The molecule has 0 unspecified atom stereocenters. The average molecular weight is 167 g/mol. The van der Waals surface area contributed by atoms with Crippen molar-refractivity contribution in [3.63, 3.8) is 0 Å². The Balaban J connectivity index is 3.15. The molecular weight excluding hydrogens is 150 g/mol. The SMILES string of the molecule is C#CCCCCC(=O)NCCC. The molecule has 0 aromatic rings. The van der Waals surface area contributed by atoms with Gasteiger partial charge in [-0.1, -0.05) is 6.92 Å². The van der Waals surface area contributed by atoms with Gasteiger partial charge in [0.1, 0.15) is 0 Å². The van der Waals surface area contributed by atoms with Crippen molar-refractivity contribution in [1.29, 1.82) is 0 Å². The number of rotatable bonds is 6. The molecule has 0 aliphatic carbocycles. The van der Waals surface area contributed by atoms with Gasteiger partial charge in [0.15, 0.2) is 0 Å². The molecule has 0 saturated heterocycles. The molecule has 0 rings (SSSR count). The van der Waals surface area contributed by atoms with Crippen LogP contribution >= 0.6 is 0 Å². The highest BCUT2D eigenvalue weighted by molar-refractivity contribution is 5.75. The third-order valence-corrected chi connectivity index (χ3v) is 1.55. The predicted molar refractivity (Wildman–Crippen MR) is 50.6 cm³/mol. The quantitative estimate of drug-likeness (QED) is 0.473. The number of nitrogens with one attached hydrogen (secondary N) is 1. The van der Waals surface area contributed by atoms with Crippen molar-refractivity contribution in [2.24, 2.45) is 0 Å². The summed E-state index contributed by atoms with van der Waals surface area (Å²) in [5.74, 6) is 2.70. The lowest BCUT2D eigenvalue weighted by atomic mass is 10.2. The maximum absolute atomic E-state index is 11.0. The van der Waals surface area contributed by atoms with Crippen LogP contribution in [0, 0.1) is 12.3 Å². The Kier molecular flexibility index (Phi) is 7.47. The van der Waals surface area contributed by atoms with Gasteiger partial charge in [0.2, 0.25) is 5.91 Å². The Bertz CT molecular complexity index is 158. The van der Waals surface area contributed by atoms with Gasteiger partial charge in [0, 0.05) is 19.4 Å². The Morgan fingerprint density at radius 2 is 2.25 bits per heavy atom. The molecule has 0 atom stereocenters. The third-order valence-electron chi connectivity index (χ3n) is 1.55. The van der Waals surface area contributed by atoms with Crippen LogP contribution in [0.1, 0.15) is 39.0 Å². The van der Waals surface area contributed by atoms with E-state index in [1.807, 2.05) is 6.92 Å². The Morgan fingerprint density at radius 1 is 1.50 bits per heavy atom. The molecule has 0 aliphatic heterocycles. The molecule has 0 radical (unpaired) electrons. The summed E-state index contributed by atoms with van der Waals surface area (Å²) < 4.78 is 0. The summed E-state index contributed by atoms with van der Waals surface area (Å²) in [7, 11) is 0. The van der Waals surface area contributed by atoms with Crippen molar-refractivity contribution in [2.45, 2.75) is 39.0 Å². The van der Waals surface area contributed by atoms with Crippen LogP contribution in [0.15, 0.2) is 0 Å². The zero-order valence-electron chi connectivity index (χ0n) is 7.73. The molecule has 12 heavy (non-hydrogen) atoms. The first-order valence-electron chi connectivity index (χ1n) is 4.51. The van der Waals surface area contributed by atoms with Crippen LogP contribution in [0.25, 0.3) is 0 Å². The van der Waals surface area contributed by atoms with E-state index >= 15 is 0 Å². The summed E-state index contributed by atoms with van der Waals surface area (Å²) in [6, 6.07) is 0. The van der Waals surface area contributed by atoms with E-state index in [1.165, 1.54) is 0 Å². The minimum Gasteiger partial charge on any atom is -0.356 e. The van der Waals surface area contributed by atoms with Crippen LogP contribution in [-0.4, -0.2) is 12.5 Å². The van der Waals surface area contributed by atoms with Crippen LogP contribution in [0.3, 0.4) is 0 Å². The molecule has 2 heteroatoms. The number of carbonyl (C=O) groups excluding carboxylic acids is 1. The Labute approximate surface area is 74.7 Å². The zero-order chi connectivity index (χ0) is 9.23. The fourth-order valence-corrected chi connectivity index (χ4v) is 0.865. The van der Waals surface area contributed by atoms with Gasteiger partial charge in [-0.05, 0) is 19.3 Å². The first kappa shape index (κ1) is 11.0. The Morgan fingerprint density at radius 3 is 2.83 bits per heavy atom. The van der Waals surface area contributed by atoms with E-state index in [4.69, 9.17) is 6.42 Å². The van der Waals surface area contributed by atoms with Crippen molar-refractivity contribution >= 4 is 5.91 Å². The lowest BCUT2D eigenvalue weighted by molar-refractivity contribution is -0.121. The number of amides is 1. The summed E-state index contributed by atoms with van der Waals surface area (Å²) in [5, 5.41) is 2.82. The first-order valence-corrected chi connectivity index (χ1v) is 4.51. The van der Waals surface area contributed by atoms with E-state index in [9.17, 15) is 4.79 Å². The second-order valence-electron chi connectivity index (χ2n) is 2.76. The summed E-state index contributed by atoms with van der Waals surface area (Å²) in [4.78, 5) is 11.0. The van der Waals surface area contributed by atoms with Crippen LogP contribution in [0.2, 0.25) is 0 Å². The summed E-state index contributed by atoms with van der Waals surface area (Å²) in [6.45, 7) is 2.83. The second kappa shape index (κ2) is 8.13. The summed E-state index contributed by atoms with van der Waals surface area (Å²) >= 11 is 0. The number of hydrogen-bond donors (Lipinski definition) is 1. The fraction of sp³-hybridized carbons (Fsp3) is 0.700. The summed E-state index contributed by atoms with van der Waals surface area (Å²) in [6.07, 6.45) is 9.32. The van der Waals surface area contributed by atoms with Crippen LogP contribution in [0.5, 0.6) is 0 Å². The molecular formula is C10H17NO. The van der Waals surface area contributed by atoms with Crippen molar-refractivity contribution in [3.8, 4) is 12.3 Å². The molecule has 0 aromatic carbocycles. The molecule has 1 N–H and O–H groups in total. The molecule has 0 bridgehead atoms. The monoisotopic (exact) mass is 167 g/mol. The van der Waals surface area contributed by atoms with Gasteiger partial charge in [-0.3, -0.25) is 4.79 Å². The second-order valence-corrected chi connectivity index (χ2v) is 2.76. The highest BCUT2D eigenvalue weighted by Crippen LogP contribution is 1.97. The van der Waals surface area contributed by atoms with Gasteiger partial charge in [0.05, 0.1) is 0 Å². The topological polar surface area (TPSA) is 29.1 Å².